The lowest BCUT2D eigenvalue weighted by Crippen LogP contribution is -2.57. The zero-order valence-electron chi connectivity index (χ0n) is 29.8. The summed E-state index contributed by atoms with van der Waals surface area (Å²) < 4.78 is 16.9. The molecule has 0 spiro atoms. The van der Waals surface area contributed by atoms with E-state index in [1.807, 2.05) is 62.4 Å². The Labute approximate surface area is 288 Å². The molecule has 3 rings (SSSR count). The fourth-order valence-electron chi connectivity index (χ4n) is 5.44. The van der Waals surface area contributed by atoms with Gasteiger partial charge in [0.05, 0.1) is 12.2 Å². The van der Waals surface area contributed by atoms with Crippen LogP contribution in [0.2, 0.25) is 0 Å². The van der Waals surface area contributed by atoms with Gasteiger partial charge in [-0.3, -0.25) is 14.4 Å². The number of hydrogen-bond donors (Lipinski definition) is 4. The first-order chi connectivity index (χ1) is 22.8. The first-order valence-electron chi connectivity index (χ1n) is 16.7. The minimum absolute atomic E-state index is 0.0398. The van der Waals surface area contributed by atoms with Crippen molar-refractivity contribution in [1.82, 2.24) is 16.0 Å². The number of nitrogens with one attached hydrogen (secondary N) is 3. The SMILES string of the molecule is CC(C)C[C@H](NC(=O)OCC1c2ccccc2-c2ccccc21)C(=O)N[C@@H](CCC(=O)O)C(=O)N[C@@H](COC(C)(C)C)C(=O)OC(C)(C)C. The first kappa shape index (κ1) is 39.0. The van der Waals surface area contributed by atoms with E-state index in [0.29, 0.717) is 0 Å². The number of carboxylic acids is 1. The lowest BCUT2D eigenvalue weighted by Gasteiger charge is -2.29. The topological polar surface area (TPSA) is 169 Å². The maximum Gasteiger partial charge on any atom is 0.407 e. The van der Waals surface area contributed by atoms with Gasteiger partial charge in [-0.05, 0) is 82.6 Å². The number of ether oxygens (including phenoxy) is 3. The van der Waals surface area contributed by atoms with Crippen LogP contribution in [-0.4, -0.2) is 77.5 Å². The molecule has 3 amide bonds. The number of fused-ring (bicyclic) bond motifs is 3. The molecule has 0 radical (unpaired) electrons. The van der Waals surface area contributed by atoms with E-state index in [1.54, 1.807) is 41.5 Å². The van der Waals surface area contributed by atoms with Crippen molar-refractivity contribution in [3.05, 3.63) is 59.7 Å². The van der Waals surface area contributed by atoms with Crippen LogP contribution in [0, 0.1) is 5.92 Å². The predicted molar refractivity (Wildman–Crippen MR) is 184 cm³/mol. The second kappa shape index (κ2) is 16.8. The van der Waals surface area contributed by atoms with E-state index in [9.17, 15) is 29.1 Å². The van der Waals surface area contributed by atoms with Gasteiger partial charge in [0.15, 0.2) is 6.04 Å². The maximum atomic E-state index is 13.6. The van der Waals surface area contributed by atoms with Crippen LogP contribution in [0.5, 0.6) is 0 Å². The molecular formula is C37H51N3O9. The number of esters is 1. The molecule has 12 nitrogen and oxygen atoms in total. The molecule has 0 fully saturated rings. The minimum atomic E-state index is -1.35. The van der Waals surface area contributed by atoms with Gasteiger partial charge in [-0.25, -0.2) is 9.59 Å². The predicted octanol–water partition coefficient (Wildman–Crippen LogP) is 4.93. The Bertz CT molecular complexity index is 1450. The smallest absolute Gasteiger partial charge is 0.407 e. The lowest BCUT2D eigenvalue weighted by molar-refractivity contribution is -0.162. The number of hydrogen-bond acceptors (Lipinski definition) is 8. The van der Waals surface area contributed by atoms with Gasteiger partial charge in [-0.2, -0.15) is 0 Å². The first-order valence-corrected chi connectivity index (χ1v) is 16.7. The number of carbonyl (C=O) groups excluding carboxylic acids is 4. The number of alkyl carbamates (subject to hydrolysis) is 1. The van der Waals surface area contributed by atoms with Crippen molar-refractivity contribution in [3.63, 3.8) is 0 Å². The van der Waals surface area contributed by atoms with Crippen LogP contribution in [0.3, 0.4) is 0 Å². The Morgan fingerprint density at radius 3 is 1.80 bits per heavy atom. The molecule has 2 aromatic carbocycles. The summed E-state index contributed by atoms with van der Waals surface area (Å²) in [4.78, 5) is 64.7. The highest BCUT2D eigenvalue weighted by molar-refractivity contribution is 5.93. The Hall–Kier alpha value is -4.45. The molecule has 0 saturated carbocycles. The van der Waals surface area contributed by atoms with Gasteiger partial charge in [-0.15, -0.1) is 0 Å². The van der Waals surface area contributed by atoms with Crippen LogP contribution in [0.25, 0.3) is 11.1 Å². The van der Waals surface area contributed by atoms with E-state index >= 15 is 0 Å². The highest BCUT2D eigenvalue weighted by Crippen LogP contribution is 2.44. The highest BCUT2D eigenvalue weighted by atomic mass is 16.6. The Morgan fingerprint density at radius 1 is 0.755 bits per heavy atom. The lowest BCUT2D eigenvalue weighted by atomic mass is 9.98. The molecular weight excluding hydrogens is 630 g/mol. The average molecular weight is 682 g/mol. The third-order valence-electron chi connectivity index (χ3n) is 7.63. The van der Waals surface area contributed by atoms with Gasteiger partial charge < -0.3 is 35.3 Å². The number of aliphatic carboxylic acids is 1. The quantitative estimate of drug-likeness (QED) is 0.190. The van der Waals surface area contributed by atoms with Gasteiger partial charge in [-0.1, -0.05) is 62.4 Å². The molecule has 0 saturated heterocycles. The van der Waals surface area contributed by atoms with Gasteiger partial charge >= 0.3 is 18.0 Å². The Kier molecular flexibility index (Phi) is 13.4. The number of carboxylic acid groups (broad SMARTS) is 1. The summed E-state index contributed by atoms with van der Waals surface area (Å²) in [5.41, 5.74) is 2.74. The minimum Gasteiger partial charge on any atom is -0.481 e. The molecule has 4 N–H and O–H groups in total. The van der Waals surface area contributed by atoms with Gasteiger partial charge in [0, 0.05) is 12.3 Å². The Balaban J connectivity index is 1.73. The van der Waals surface area contributed by atoms with Gasteiger partial charge in [0.25, 0.3) is 0 Å². The Morgan fingerprint density at radius 2 is 1.29 bits per heavy atom. The number of rotatable bonds is 15. The number of carbonyl (C=O) groups is 5. The zero-order valence-corrected chi connectivity index (χ0v) is 29.8. The van der Waals surface area contributed by atoms with Crippen molar-refractivity contribution in [2.45, 2.75) is 110 Å². The van der Waals surface area contributed by atoms with Gasteiger partial charge in [0.2, 0.25) is 11.8 Å². The van der Waals surface area contributed by atoms with Crippen LogP contribution >= 0.6 is 0 Å². The number of amides is 3. The molecule has 3 atom stereocenters. The highest BCUT2D eigenvalue weighted by Gasteiger charge is 2.34. The van der Waals surface area contributed by atoms with Crippen molar-refractivity contribution >= 4 is 29.8 Å². The van der Waals surface area contributed by atoms with E-state index in [0.717, 1.165) is 22.3 Å². The van der Waals surface area contributed by atoms with Crippen molar-refractivity contribution in [3.8, 4) is 11.1 Å². The molecule has 1 aliphatic carbocycles. The van der Waals surface area contributed by atoms with Crippen LogP contribution in [0.4, 0.5) is 4.79 Å². The molecule has 0 aromatic heterocycles. The molecule has 0 heterocycles. The van der Waals surface area contributed by atoms with Crippen LogP contribution < -0.4 is 16.0 Å². The standard InChI is InChI=1S/C37H51N3O9/c1-22(2)19-29(40-35(46)47-20-27-25-15-11-9-13-23(25)24-14-10-12-16-26(24)27)33(44)38-28(17-18-31(41)42)32(43)39-30(21-48-36(3,4)5)34(45)49-37(6,7)8/h9-16,22,27-30H,17-21H2,1-8H3,(H,38,44)(H,39,43)(H,40,46)(H,41,42)/t28-,29-,30-/m0/s1. The van der Waals surface area contributed by atoms with Crippen molar-refractivity contribution in [2.24, 2.45) is 5.92 Å². The molecule has 0 aliphatic heterocycles. The molecule has 1 aliphatic rings. The third kappa shape index (κ3) is 12.2. The largest absolute Gasteiger partial charge is 0.481 e. The van der Waals surface area contributed by atoms with E-state index in [4.69, 9.17) is 14.2 Å². The van der Waals surface area contributed by atoms with Gasteiger partial charge in [0.1, 0.15) is 24.3 Å². The molecule has 2 aromatic rings. The van der Waals surface area contributed by atoms with Crippen LogP contribution in [0.15, 0.2) is 48.5 Å². The number of benzene rings is 2. The molecule has 49 heavy (non-hydrogen) atoms. The molecule has 268 valence electrons. The molecule has 0 unspecified atom stereocenters. The van der Waals surface area contributed by atoms with Crippen molar-refractivity contribution in [1.29, 1.82) is 0 Å². The summed E-state index contributed by atoms with van der Waals surface area (Å²) in [6.07, 6.45) is -1.31. The second-order valence-corrected chi connectivity index (χ2v) is 14.7. The van der Waals surface area contributed by atoms with E-state index < -0.39 is 65.6 Å². The monoisotopic (exact) mass is 681 g/mol. The van der Waals surface area contributed by atoms with E-state index in [1.165, 1.54) is 0 Å². The van der Waals surface area contributed by atoms with Crippen LogP contribution in [-0.2, 0) is 33.4 Å². The maximum absolute atomic E-state index is 13.6. The summed E-state index contributed by atoms with van der Waals surface area (Å²) in [6, 6.07) is 12.2. The fourth-order valence-corrected chi connectivity index (χ4v) is 5.44. The second-order valence-electron chi connectivity index (χ2n) is 14.7. The van der Waals surface area contributed by atoms with E-state index in [-0.39, 0.29) is 37.9 Å². The average Bonchev–Trinajstić information content (AvgIpc) is 3.31. The summed E-state index contributed by atoms with van der Waals surface area (Å²) in [5, 5.41) is 17.2. The van der Waals surface area contributed by atoms with E-state index in [2.05, 4.69) is 16.0 Å². The molecule has 12 heteroatoms. The third-order valence-corrected chi connectivity index (χ3v) is 7.63. The van der Waals surface area contributed by atoms with Crippen LogP contribution in [0.1, 0.15) is 91.7 Å². The summed E-state index contributed by atoms with van der Waals surface area (Å²) >= 11 is 0. The fraction of sp³-hybridized carbons (Fsp3) is 0.541. The van der Waals surface area contributed by atoms with Crippen molar-refractivity contribution in [2.75, 3.05) is 13.2 Å². The zero-order chi connectivity index (χ0) is 36.5. The summed E-state index contributed by atoms with van der Waals surface area (Å²) in [5.74, 6) is -3.65. The summed E-state index contributed by atoms with van der Waals surface area (Å²) in [6.45, 7) is 14.0. The summed E-state index contributed by atoms with van der Waals surface area (Å²) in [7, 11) is 0. The molecule has 0 bridgehead atoms. The van der Waals surface area contributed by atoms with Crippen molar-refractivity contribution < 1.29 is 43.3 Å². The normalized spacial score (nSPS) is 14.6.